The molecule has 2 fully saturated rings. The first kappa shape index (κ1) is 30.5. The molecule has 0 aromatic heterocycles. The van der Waals surface area contributed by atoms with Crippen LogP contribution in [-0.4, -0.2) is 11.3 Å². The van der Waals surface area contributed by atoms with Crippen LogP contribution in [0.5, 0.6) is 0 Å². The number of rotatable bonds is 7. The van der Waals surface area contributed by atoms with Gasteiger partial charge in [-0.25, -0.2) is 24.3 Å². The number of hydrogen-bond donors (Lipinski definition) is 0. The Balaban J connectivity index is 0.000000530. The molecule has 0 spiro atoms. The van der Waals surface area contributed by atoms with Gasteiger partial charge in [-0.2, -0.15) is 24.3 Å². The van der Waals surface area contributed by atoms with Gasteiger partial charge in [-0.3, -0.25) is 0 Å². The fourth-order valence-corrected chi connectivity index (χ4v) is 13.5. The Morgan fingerprint density at radius 3 is 1.56 bits per heavy atom. The molecule has 0 heterocycles. The predicted molar refractivity (Wildman–Crippen MR) is 172 cm³/mol. The molecule has 39 heavy (non-hydrogen) atoms. The van der Waals surface area contributed by atoms with Gasteiger partial charge in [0, 0.05) is 0 Å². The van der Waals surface area contributed by atoms with Crippen molar-refractivity contribution in [3.63, 3.8) is 0 Å². The summed E-state index contributed by atoms with van der Waals surface area (Å²) in [6.45, 7) is 2.53. The van der Waals surface area contributed by atoms with E-state index in [2.05, 4.69) is 85.8 Å². The SMILES string of the molecule is CC([c-]1cccc1P(C1CCCCC1)C1CCCCC1)P(c1ccccc1)c1ccccc1.[Fe+2].c1cc[cH-]c1. The summed E-state index contributed by atoms with van der Waals surface area (Å²) in [7, 11) is -0.489. The Hall–Kier alpha value is -1.48. The molecule has 6 rings (SSSR count). The Kier molecular flexibility index (Phi) is 12.6. The van der Waals surface area contributed by atoms with Gasteiger partial charge in [-0.05, 0) is 61.2 Å². The quantitative estimate of drug-likeness (QED) is 0.114. The smallest absolute Gasteiger partial charge is 0.214 e. The standard InChI is InChI=1S/C31H39P2.C5H5.Fe/c1-25(32(26-15-6-2-7-16-26)27-17-8-3-9-18-27)30-23-14-24-31(30)33(28-19-10-4-11-20-28)29-21-12-5-13-22-29;1-2-4-5-3-1;/h2-3,6-9,14-18,23-25,28-29H,4-5,10-13,19-22H2,1H3;1-5H;/q2*-1;+2. The van der Waals surface area contributed by atoms with Crippen molar-refractivity contribution in [3.8, 4) is 0 Å². The Morgan fingerprint density at radius 1 is 0.641 bits per heavy atom. The number of benzene rings is 2. The minimum Gasteiger partial charge on any atom is -0.214 e. The van der Waals surface area contributed by atoms with Gasteiger partial charge in [-0.1, -0.05) is 114 Å². The summed E-state index contributed by atoms with van der Waals surface area (Å²) in [5.74, 6) is 0. The monoisotopic (exact) mass is 594 g/mol. The molecule has 206 valence electrons. The van der Waals surface area contributed by atoms with E-state index in [-0.39, 0.29) is 25.0 Å². The van der Waals surface area contributed by atoms with Crippen LogP contribution in [0.4, 0.5) is 0 Å². The van der Waals surface area contributed by atoms with Crippen LogP contribution in [0.2, 0.25) is 0 Å². The van der Waals surface area contributed by atoms with E-state index >= 15 is 0 Å². The van der Waals surface area contributed by atoms with Gasteiger partial charge >= 0.3 is 17.1 Å². The maximum absolute atomic E-state index is 2.56. The van der Waals surface area contributed by atoms with E-state index in [9.17, 15) is 0 Å². The van der Waals surface area contributed by atoms with Crippen LogP contribution in [0.25, 0.3) is 0 Å². The number of hydrogen-bond acceptors (Lipinski definition) is 0. The minimum absolute atomic E-state index is 0. The van der Waals surface area contributed by atoms with E-state index in [1.807, 2.05) is 30.3 Å². The second-order valence-corrected chi connectivity index (χ2v) is 16.3. The zero-order valence-corrected chi connectivity index (χ0v) is 26.3. The van der Waals surface area contributed by atoms with Crippen LogP contribution in [0.3, 0.4) is 0 Å². The minimum atomic E-state index is -0.428. The summed E-state index contributed by atoms with van der Waals surface area (Å²) in [5, 5.41) is 4.81. The Morgan fingerprint density at radius 2 is 1.13 bits per heavy atom. The van der Waals surface area contributed by atoms with Crippen LogP contribution in [0, 0.1) is 0 Å². The van der Waals surface area contributed by atoms with Crippen molar-refractivity contribution in [2.75, 3.05) is 0 Å². The predicted octanol–water partition coefficient (Wildman–Crippen LogP) is 9.77. The summed E-state index contributed by atoms with van der Waals surface area (Å²) in [5.41, 5.74) is 4.15. The van der Waals surface area contributed by atoms with Crippen LogP contribution >= 0.6 is 15.8 Å². The van der Waals surface area contributed by atoms with Gasteiger partial charge in [0.1, 0.15) is 0 Å². The zero-order valence-electron chi connectivity index (χ0n) is 23.4. The van der Waals surface area contributed by atoms with Crippen molar-refractivity contribution in [1.82, 2.24) is 0 Å². The van der Waals surface area contributed by atoms with Crippen LogP contribution < -0.4 is 15.9 Å². The molecular weight excluding hydrogens is 550 g/mol. The fourth-order valence-electron chi connectivity index (χ4n) is 6.66. The third-order valence-corrected chi connectivity index (χ3v) is 14.8. The van der Waals surface area contributed by atoms with Gasteiger partial charge in [-0.15, -0.1) is 10.9 Å². The summed E-state index contributed by atoms with van der Waals surface area (Å²) in [6.07, 6.45) is 14.7. The van der Waals surface area contributed by atoms with Gasteiger partial charge in [0.25, 0.3) is 0 Å². The van der Waals surface area contributed by atoms with Gasteiger partial charge < -0.3 is 0 Å². The van der Waals surface area contributed by atoms with E-state index < -0.39 is 7.92 Å². The first-order chi connectivity index (χ1) is 18.8. The molecule has 4 aromatic carbocycles. The van der Waals surface area contributed by atoms with E-state index in [0.29, 0.717) is 5.66 Å². The molecule has 4 aromatic rings. The molecule has 1 atom stereocenters. The maximum atomic E-state index is 2.56. The van der Waals surface area contributed by atoms with Crippen molar-refractivity contribution in [1.29, 1.82) is 0 Å². The summed E-state index contributed by atoms with van der Waals surface area (Å²) in [4.78, 5) is 0. The van der Waals surface area contributed by atoms with Gasteiger partial charge in [0.05, 0.1) is 0 Å². The molecule has 0 bridgehead atoms. The molecule has 0 saturated heterocycles. The first-order valence-corrected chi connectivity index (χ1v) is 17.8. The molecule has 2 saturated carbocycles. The third-order valence-electron chi connectivity index (χ3n) is 8.50. The Bertz CT molecular complexity index is 1080. The Labute approximate surface area is 250 Å². The van der Waals surface area contributed by atoms with E-state index in [0.717, 1.165) is 11.3 Å². The topological polar surface area (TPSA) is 0 Å². The van der Waals surface area contributed by atoms with Crippen LogP contribution in [-0.2, 0) is 17.1 Å². The third kappa shape index (κ3) is 8.05. The second kappa shape index (κ2) is 16.1. The van der Waals surface area contributed by atoms with Crippen molar-refractivity contribution in [2.45, 2.75) is 88.1 Å². The molecule has 0 radical (unpaired) electrons. The molecule has 0 N–H and O–H groups in total. The van der Waals surface area contributed by atoms with Gasteiger partial charge in [0.15, 0.2) is 0 Å². The van der Waals surface area contributed by atoms with Crippen LogP contribution in [0.1, 0.15) is 82.4 Å². The molecular formula is C36H44FeP2. The summed E-state index contributed by atoms with van der Waals surface area (Å²) >= 11 is 0. The maximum Gasteiger partial charge on any atom is 2.00 e. The molecule has 0 nitrogen and oxygen atoms in total. The summed E-state index contributed by atoms with van der Waals surface area (Å²) < 4.78 is 0. The average molecular weight is 595 g/mol. The molecule has 0 aliphatic heterocycles. The van der Waals surface area contributed by atoms with Crippen LogP contribution in [0.15, 0.2) is 109 Å². The zero-order chi connectivity index (χ0) is 26.0. The molecule has 2 aliphatic carbocycles. The normalized spacial score (nSPS) is 17.3. The molecule has 1 unspecified atom stereocenters. The van der Waals surface area contributed by atoms with Crippen molar-refractivity contribution < 1.29 is 17.1 Å². The molecule has 3 heteroatoms. The van der Waals surface area contributed by atoms with E-state index in [1.165, 1.54) is 74.8 Å². The van der Waals surface area contributed by atoms with Crippen molar-refractivity contribution >= 4 is 31.8 Å². The van der Waals surface area contributed by atoms with E-state index in [1.54, 1.807) is 10.9 Å². The second-order valence-electron chi connectivity index (χ2n) is 11.0. The largest absolute Gasteiger partial charge is 2.00 e. The molecule has 2 aliphatic rings. The molecule has 0 amide bonds. The fraction of sp³-hybridized carbons (Fsp3) is 0.389. The van der Waals surface area contributed by atoms with E-state index in [4.69, 9.17) is 0 Å². The van der Waals surface area contributed by atoms with Gasteiger partial charge in [0.2, 0.25) is 0 Å². The first-order valence-electron chi connectivity index (χ1n) is 14.9. The summed E-state index contributed by atoms with van der Waals surface area (Å²) in [6, 6.07) is 40.1. The average Bonchev–Trinajstić information content (AvgIpc) is 3.72. The van der Waals surface area contributed by atoms with Crippen molar-refractivity contribution in [3.05, 3.63) is 115 Å². The van der Waals surface area contributed by atoms with Crippen molar-refractivity contribution in [2.24, 2.45) is 0 Å².